The first-order valence-electron chi connectivity index (χ1n) is 5.69. The molecule has 2 rings (SSSR count). The van der Waals surface area contributed by atoms with Crippen molar-refractivity contribution in [1.82, 2.24) is 4.90 Å². The SMILES string of the molecule is CC1CN(CC2(CS)CCC2)CCO1. The van der Waals surface area contributed by atoms with Gasteiger partial charge >= 0.3 is 0 Å². The summed E-state index contributed by atoms with van der Waals surface area (Å²) >= 11 is 4.50. The minimum absolute atomic E-state index is 0.417. The summed E-state index contributed by atoms with van der Waals surface area (Å²) in [6.07, 6.45) is 4.58. The monoisotopic (exact) mass is 215 g/mol. The number of thiol groups is 1. The van der Waals surface area contributed by atoms with Gasteiger partial charge in [-0.25, -0.2) is 0 Å². The summed E-state index contributed by atoms with van der Waals surface area (Å²) in [5, 5.41) is 0. The van der Waals surface area contributed by atoms with E-state index in [1.807, 2.05) is 0 Å². The summed E-state index contributed by atoms with van der Waals surface area (Å²) in [6, 6.07) is 0. The first-order valence-corrected chi connectivity index (χ1v) is 6.32. The molecule has 1 saturated heterocycles. The third-order valence-corrected chi connectivity index (χ3v) is 4.30. The molecule has 0 bridgehead atoms. The van der Waals surface area contributed by atoms with Crippen molar-refractivity contribution in [1.29, 1.82) is 0 Å². The van der Waals surface area contributed by atoms with Crippen molar-refractivity contribution >= 4 is 12.6 Å². The Kier molecular flexibility index (Phi) is 3.40. The average molecular weight is 215 g/mol. The number of rotatable bonds is 3. The molecule has 0 spiro atoms. The lowest BCUT2D eigenvalue weighted by Crippen LogP contribution is -2.49. The van der Waals surface area contributed by atoms with Gasteiger partial charge in [-0.2, -0.15) is 12.6 Å². The molecule has 1 saturated carbocycles. The van der Waals surface area contributed by atoms with Crippen LogP contribution in [0, 0.1) is 5.41 Å². The van der Waals surface area contributed by atoms with Crippen molar-refractivity contribution in [3.05, 3.63) is 0 Å². The zero-order chi connectivity index (χ0) is 10.0. The number of nitrogens with zero attached hydrogens (tertiary/aromatic N) is 1. The summed E-state index contributed by atoms with van der Waals surface area (Å²) in [7, 11) is 0. The normalized spacial score (nSPS) is 32.6. The van der Waals surface area contributed by atoms with Crippen molar-refractivity contribution in [3.63, 3.8) is 0 Å². The van der Waals surface area contributed by atoms with E-state index in [-0.39, 0.29) is 0 Å². The second-order valence-electron chi connectivity index (χ2n) is 4.93. The Hall–Kier alpha value is 0.270. The molecule has 0 aromatic rings. The lowest BCUT2D eigenvalue weighted by molar-refractivity contribution is -0.0394. The molecule has 1 unspecified atom stereocenters. The Balaban J connectivity index is 1.83. The lowest BCUT2D eigenvalue weighted by atomic mass is 9.70. The average Bonchev–Trinajstić information content (AvgIpc) is 2.11. The molecule has 1 aliphatic carbocycles. The van der Waals surface area contributed by atoms with Gasteiger partial charge in [0.2, 0.25) is 0 Å². The standard InChI is InChI=1S/C11H21NOS/c1-10-7-12(5-6-13-10)8-11(9-14)3-2-4-11/h10,14H,2-9H2,1H3. The highest BCUT2D eigenvalue weighted by Gasteiger charge is 2.37. The molecule has 0 amide bonds. The zero-order valence-electron chi connectivity index (χ0n) is 9.04. The van der Waals surface area contributed by atoms with Crippen LogP contribution in [0.15, 0.2) is 0 Å². The van der Waals surface area contributed by atoms with E-state index < -0.39 is 0 Å². The maximum atomic E-state index is 5.55. The molecule has 1 heterocycles. The van der Waals surface area contributed by atoms with Crippen LogP contribution in [0.5, 0.6) is 0 Å². The molecule has 14 heavy (non-hydrogen) atoms. The van der Waals surface area contributed by atoms with Crippen LogP contribution in [0.1, 0.15) is 26.2 Å². The summed E-state index contributed by atoms with van der Waals surface area (Å²) in [5.41, 5.74) is 0.542. The van der Waals surface area contributed by atoms with Gasteiger partial charge in [0, 0.05) is 19.6 Å². The Morgan fingerprint density at radius 2 is 2.29 bits per heavy atom. The molecule has 2 nitrogen and oxygen atoms in total. The molecule has 82 valence electrons. The van der Waals surface area contributed by atoms with Crippen LogP contribution in [-0.2, 0) is 4.74 Å². The van der Waals surface area contributed by atoms with Crippen LogP contribution in [0.3, 0.4) is 0 Å². The zero-order valence-corrected chi connectivity index (χ0v) is 9.93. The maximum Gasteiger partial charge on any atom is 0.0674 e. The smallest absolute Gasteiger partial charge is 0.0674 e. The van der Waals surface area contributed by atoms with E-state index in [0.29, 0.717) is 11.5 Å². The van der Waals surface area contributed by atoms with E-state index in [4.69, 9.17) is 4.74 Å². The largest absolute Gasteiger partial charge is 0.376 e. The van der Waals surface area contributed by atoms with Crippen molar-refractivity contribution in [2.24, 2.45) is 5.41 Å². The van der Waals surface area contributed by atoms with Crippen LogP contribution < -0.4 is 0 Å². The van der Waals surface area contributed by atoms with Gasteiger partial charge in [-0.3, -0.25) is 4.90 Å². The van der Waals surface area contributed by atoms with Crippen LogP contribution in [-0.4, -0.2) is 43.0 Å². The molecule has 2 fully saturated rings. The predicted octanol–water partition coefficient (Wildman–Crippen LogP) is 1.81. The van der Waals surface area contributed by atoms with Gasteiger partial charge in [0.15, 0.2) is 0 Å². The highest BCUT2D eigenvalue weighted by atomic mass is 32.1. The molecule has 1 aliphatic heterocycles. The van der Waals surface area contributed by atoms with E-state index in [9.17, 15) is 0 Å². The third kappa shape index (κ3) is 2.26. The van der Waals surface area contributed by atoms with Gasteiger partial charge in [0.1, 0.15) is 0 Å². The van der Waals surface area contributed by atoms with Crippen molar-refractivity contribution in [3.8, 4) is 0 Å². The van der Waals surface area contributed by atoms with Gasteiger partial charge in [0.05, 0.1) is 12.7 Å². The van der Waals surface area contributed by atoms with Gasteiger partial charge in [-0.05, 0) is 30.9 Å². The third-order valence-electron chi connectivity index (χ3n) is 3.63. The van der Waals surface area contributed by atoms with Gasteiger partial charge < -0.3 is 4.74 Å². The van der Waals surface area contributed by atoms with Crippen LogP contribution >= 0.6 is 12.6 Å². The maximum absolute atomic E-state index is 5.55. The predicted molar refractivity (Wildman–Crippen MR) is 62.0 cm³/mol. The quantitative estimate of drug-likeness (QED) is 0.721. The second-order valence-corrected chi connectivity index (χ2v) is 5.24. The van der Waals surface area contributed by atoms with E-state index in [1.165, 1.54) is 25.8 Å². The second kappa shape index (κ2) is 4.42. The minimum atomic E-state index is 0.417. The van der Waals surface area contributed by atoms with E-state index in [0.717, 1.165) is 25.4 Å². The molecule has 2 aliphatic rings. The van der Waals surface area contributed by atoms with E-state index >= 15 is 0 Å². The number of ether oxygens (including phenoxy) is 1. The van der Waals surface area contributed by atoms with Gasteiger partial charge in [0.25, 0.3) is 0 Å². The van der Waals surface area contributed by atoms with Crippen LogP contribution in [0.25, 0.3) is 0 Å². The van der Waals surface area contributed by atoms with Gasteiger partial charge in [-0.1, -0.05) is 6.42 Å². The molecule has 0 aromatic carbocycles. The highest BCUT2D eigenvalue weighted by Crippen LogP contribution is 2.42. The Labute approximate surface area is 92.4 Å². The molecule has 3 heteroatoms. The Morgan fingerprint density at radius 3 is 2.79 bits per heavy atom. The summed E-state index contributed by atoms with van der Waals surface area (Å²) in [5.74, 6) is 1.05. The summed E-state index contributed by atoms with van der Waals surface area (Å²) < 4.78 is 5.55. The molecule has 1 atom stereocenters. The van der Waals surface area contributed by atoms with Crippen molar-refractivity contribution < 1.29 is 4.74 Å². The highest BCUT2D eigenvalue weighted by molar-refractivity contribution is 7.80. The summed E-state index contributed by atoms with van der Waals surface area (Å²) in [4.78, 5) is 2.56. The van der Waals surface area contributed by atoms with Crippen molar-refractivity contribution in [2.75, 3.05) is 32.0 Å². The Morgan fingerprint density at radius 1 is 1.50 bits per heavy atom. The molecule has 0 radical (unpaired) electrons. The minimum Gasteiger partial charge on any atom is -0.376 e. The topological polar surface area (TPSA) is 12.5 Å². The molecular formula is C11H21NOS. The number of hydrogen-bond donors (Lipinski definition) is 1. The van der Waals surface area contributed by atoms with Crippen LogP contribution in [0.2, 0.25) is 0 Å². The fraction of sp³-hybridized carbons (Fsp3) is 1.00. The first-order chi connectivity index (χ1) is 6.74. The molecular weight excluding hydrogens is 194 g/mol. The van der Waals surface area contributed by atoms with E-state index in [2.05, 4.69) is 24.5 Å². The molecule has 0 aromatic heterocycles. The Bertz CT molecular complexity index is 188. The number of hydrogen-bond acceptors (Lipinski definition) is 3. The summed E-state index contributed by atoms with van der Waals surface area (Å²) in [6.45, 7) is 6.53. The lowest BCUT2D eigenvalue weighted by Gasteiger charge is -2.45. The first kappa shape index (κ1) is 10.8. The van der Waals surface area contributed by atoms with Crippen LogP contribution in [0.4, 0.5) is 0 Å². The van der Waals surface area contributed by atoms with Crippen molar-refractivity contribution in [2.45, 2.75) is 32.3 Å². The number of morpholine rings is 1. The fourth-order valence-electron chi connectivity index (χ4n) is 2.55. The fourth-order valence-corrected chi connectivity index (χ4v) is 2.97. The van der Waals surface area contributed by atoms with E-state index in [1.54, 1.807) is 0 Å². The molecule has 0 N–H and O–H groups in total. The van der Waals surface area contributed by atoms with Gasteiger partial charge in [-0.15, -0.1) is 0 Å².